The monoisotopic (exact) mass is 450 g/mol. The lowest BCUT2D eigenvalue weighted by atomic mass is 10.1. The predicted molar refractivity (Wildman–Crippen MR) is 104 cm³/mol. The van der Waals surface area contributed by atoms with Gasteiger partial charge in [-0.05, 0) is 25.1 Å². The molecular weight excluding hydrogens is 433 g/mol. The molecule has 1 fully saturated rings. The van der Waals surface area contributed by atoms with E-state index in [-0.39, 0.29) is 17.3 Å². The van der Waals surface area contributed by atoms with Crippen molar-refractivity contribution in [2.45, 2.75) is 31.3 Å². The number of amides is 2. The van der Waals surface area contributed by atoms with Gasteiger partial charge in [-0.3, -0.25) is 23.8 Å². The number of likely N-dealkylation sites (N-methyl/N-ethyl adjacent to an activating group) is 1. The van der Waals surface area contributed by atoms with E-state index < -0.39 is 47.6 Å². The molecule has 0 bridgehead atoms. The summed E-state index contributed by atoms with van der Waals surface area (Å²) in [5.74, 6) is -2.16. The third-order valence-corrected chi connectivity index (χ3v) is 5.10. The lowest BCUT2D eigenvalue weighted by Crippen LogP contribution is -2.50. The Bertz CT molecular complexity index is 1210. The second-order valence-corrected chi connectivity index (χ2v) is 7.26. The number of aliphatic hydroxyl groups is 2. The Hall–Kier alpha value is -3.58. The molecule has 3 atom stereocenters. The fraction of sp³-hybridized carbons (Fsp3) is 0.316. The zero-order valence-electron chi connectivity index (χ0n) is 16.7. The highest BCUT2D eigenvalue weighted by Crippen LogP contribution is 2.34. The number of halogens is 3. The fourth-order valence-electron chi connectivity index (χ4n) is 3.49. The standard InChI is InChI=1S/C19H17F3N6O4/c1-9-7-10(19(20,21)22)8-12(24-9)28-13(14(29)15(30)17(28)32)16(31)26(2)11-3-5-27-6-4-23-18(27)25-11/h3-8,13-15,29-30H,1-2H3/t13-,14-,15-/m0/s1. The smallest absolute Gasteiger partial charge is 0.387 e. The molecule has 32 heavy (non-hydrogen) atoms. The first-order valence-corrected chi connectivity index (χ1v) is 9.31. The van der Waals surface area contributed by atoms with Gasteiger partial charge in [0.2, 0.25) is 5.78 Å². The molecule has 0 radical (unpaired) electrons. The van der Waals surface area contributed by atoms with E-state index in [1.54, 1.807) is 16.8 Å². The van der Waals surface area contributed by atoms with Gasteiger partial charge in [0.25, 0.3) is 11.8 Å². The fourth-order valence-corrected chi connectivity index (χ4v) is 3.49. The average molecular weight is 450 g/mol. The lowest BCUT2D eigenvalue weighted by Gasteiger charge is -2.28. The number of hydrogen-bond donors (Lipinski definition) is 2. The normalized spacial score (nSPS) is 21.4. The second kappa shape index (κ2) is 7.53. The molecule has 1 saturated heterocycles. The number of aromatic nitrogens is 4. The van der Waals surface area contributed by atoms with Gasteiger partial charge in [-0.15, -0.1) is 0 Å². The molecule has 1 aliphatic rings. The minimum atomic E-state index is -4.73. The van der Waals surface area contributed by atoms with E-state index >= 15 is 0 Å². The minimum absolute atomic E-state index is 0.0653. The summed E-state index contributed by atoms with van der Waals surface area (Å²) in [6, 6.07) is 1.12. The molecule has 10 nitrogen and oxygen atoms in total. The number of nitrogens with zero attached hydrogens (tertiary/aromatic N) is 6. The van der Waals surface area contributed by atoms with E-state index in [0.717, 1.165) is 11.0 Å². The summed E-state index contributed by atoms with van der Waals surface area (Å²) in [5, 5.41) is 20.5. The number of carbonyl (C=O) groups excluding carboxylic acids is 2. The van der Waals surface area contributed by atoms with Gasteiger partial charge >= 0.3 is 6.18 Å². The maximum atomic E-state index is 13.3. The zero-order valence-corrected chi connectivity index (χ0v) is 16.7. The Morgan fingerprint density at radius 3 is 2.59 bits per heavy atom. The van der Waals surface area contributed by atoms with Crippen LogP contribution in [-0.4, -0.2) is 66.7 Å². The topological polar surface area (TPSA) is 124 Å². The van der Waals surface area contributed by atoms with E-state index in [9.17, 15) is 33.0 Å². The Morgan fingerprint density at radius 1 is 1.19 bits per heavy atom. The number of carbonyl (C=O) groups is 2. The summed E-state index contributed by atoms with van der Waals surface area (Å²) in [4.78, 5) is 39.5. The SMILES string of the molecule is Cc1cc(C(F)(F)F)cc(N2C(=O)[C@@H](O)[C@@H](O)[C@H]2C(=O)N(C)c2ccn3ccnc3n2)n1. The van der Waals surface area contributed by atoms with Crippen molar-refractivity contribution >= 4 is 29.2 Å². The van der Waals surface area contributed by atoms with Crippen LogP contribution in [0.2, 0.25) is 0 Å². The molecule has 2 N–H and O–H groups in total. The van der Waals surface area contributed by atoms with E-state index in [0.29, 0.717) is 11.0 Å². The van der Waals surface area contributed by atoms with Gasteiger partial charge in [0.1, 0.15) is 23.8 Å². The van der Waals surface area contributed by atoms with Gasteiger partial charge in [-0.1, -0.05) is 0 Å². The van der Waals surface area contributed by atoms with Crippen LogP contribution in [0.1, 0.15) is 11.3 Å². The van der Waals surface area contributed by atoms with Gasteiger partial charge in [-0.25, -0.2) is 9.97 Å². The molecule has 4 rings (SSSR count). The number of anilines is 2. The third kappa shape index (κ3) is 3.54. The van der Waals surface area contributed by atoms with Gasteiger partial charge in [0.05, 0.1) is 5.56 Å². The van der Waals surface area contributed by atoms with E-state index in [1.807, 2.05) is 0 Å². The van der Waals surface area contributed by atoms with Crippen molar-refractivity contribution < 1.29 is 33.0 Å². The predicted octanol–water partition coefficient (Wildman–Crippen LogP) is 0.552. The van der Waals surface area contributed by atoms with Crippen molar-refractivity contribution in [3.63, 3.8) is 0 Å². The van der Waals surface area contributed by atoms with Crippen LogP contribution >= 0.6 is 0 Å². The van der Waals surface area contributed by atoms with Crippen molar-refractivity contribution in [1.82, 2.24) is 19.4 Å². The van der Waals surface area contributed by atoms with Crippen LogP contribution in [0.5, 0.6) is 0 Å². The van der Waals surface area contributed by atoms with Crippen molar-refractivity contribution in [3.8, 4) is 0 Å². The van der Waals surface area contributed by atoms with Crippen molar-refractivity contribution in [1.29, 1.82) is 0 Å². The summed E-state index contributed by atoms with van der Waals surface area (Å²) in [7, 11) is 1.31. The van der Waals surface area contributed by atoms with Crippen LogP contribution in [0, 0.1) is 6.92 Å². The molecule has 0 unspecified atom stereocenters. The number of rotatable bonds is 3. The number of alkyl halides is 3. The first-order valence-electron chi connectivity index (χ1n) is 9.31. The van der Waals surface area contributed by atoms with E-state index in [2.05, 4.69) is 15.0 Å². The molecule has 1 aliphatic heterocycles. The Morgan fingerprint density at radius 2 is 1.91 bits per heavy atom. The molecule has 0 saturated carbocycles. The molecule has 3 aromatic rings. The Labute approximate surface area is 178 Å². The van der Waals surface area contributed by atoms with Crippen molar-refractivity contribution in [2.24, 2.45) is 0 Å². The molecule has 13 heteroatoms. The number of imidazole rings is 1. The highest BCUT2D eigenvalue weighted by atomic mass is 19.4. The highest BCUT2D eigenvalue weighted by Gasteiger charge is 2.52. The van der Waals surface area contributed by atoms with Crippen molar-refractivity contribution in [3.05, 3.63) is 48.0 Å². The molecule has 2 amide bonds. The third-order valence-electron chi connectivity index (χ3n) is 5.10. The molecule has 3 aromatic heterocycles. The van der Waals surface area contributed by atoms with Gasteiger partial charge in [0.15, 0.2) is 6.10 Å². The second-order valence-electron chi connectivity index (χ2n) is 7.26. The van der Waals surface area contributed by atoms with Crippen LogP contribution in [0.4, 0.5) is 24.8 Å². The Balaban J connectivity index is 1.75. The molecule has 0 aliphatic carbocycles. The molecule has 0 aromatic carbocycles. The maximum absolute atomic E-state index is 13.3. The molecule has 0 spiro atoms. The van der Waals surface area contributed by atoms with E-state index in [4.69, 9.17) is 0 Å². The van der Waals surface area contributed by atoms with Crippen LogP contribution < -0.4 is 9.80 Å². The van der Waals surface area contributed by atoms with Crippen molar-refractivity contribution in [2.75, 3.05) is 16.8 Å². The maximum Gasteiger partial charge on any atom is 0.416 e. The number of pyridine rings is 1. The summed E-state index contributed by atoms with van der Waals surface area (Å²) >= 11 is 0. The average Bonchev–Trinajstić information content (AvgIpc) is 3.29. The Kier molecular flexibility index (Phi) is 5.09. The highest BCUT2D eigenvalue weighted by molar-refractivity contribution is 6.10. The van der Waals surface area contributed by atoms with Gasteiger partial charge < -0.3 is 10.2 Å². The summed E-state index contributed by atoms with van der Waals surface area (Å²) in [5.41, 5.74) is -1.15. The molecular formula is C19H17F3N6O4. The van der Waals surface area contributed by atoms with Gasteiger partial charge in [-0.2, -0.15) is 18.2 Å². The van der Waals surface area contributed by atoms with Crippen LogP contribution in [0.3, 0.4) is 0 Å². The van der Waals surface area contributed by atoms with E-state index in [1.165, 1.54) is 26.2 Å². The quantitative estimate of drug-likeness (QED) is 0.597. The van der Waals surface area contributed by atoms with Crippen LogP contribution in [0.25, 0.3) is 5.78 Å². The summed E-state index contributed by atoms with van der Waals surface area (Å²) in [6.45, 7) is 1.29. The van der Waals surface area contributed by atoms with Crippen LogP contribution in [0.15, 0.2) is 36.8 Å². The number of aliphatic hydroxyl groups excluding tert-OH is 2. The van der Waals surface area contributed by atoms with Gasteiger partial charge in [0, 0.05) is 31.3 Å². The van der Waals surface area contributed by atoms with Crippen LogP contribution in [-0.2, 0) is 15.8 Å². The summed E-state index contributed by atoms with van der Waals surface area (Å²) in [6.07, 6.45) is -3.95. The largest absolute Gasteiger partial charge is 0.416 e. The minimum Gasteiger partial charge on any atom is -0.387 e. The molecule has 168 valence electrons. The number of fused-ring (bicyclic) bond motifs is 1. The molecule has 4 heterocycles. The zero-order chi connectivity index (χ0) is 23.4. The number of hydrogen-bond acceptors (Lipinski definition) is 7. The first kappa shape index (κ1) is 21.6. The number of aryl methyl sites for hydroxylation is 1. The summed E-state index contributed by atoms with van der Waals surface area (Å²) < 4.78 is 41.4. The lowest BCUT2D eigenvalue weighted by molar-refractivity contribution is -0.137. The first-order chi connectivity index (χ1) is 15.0.